The summed E-state index contributed by atoms with van der Waals surface area (Å²) in [6.45, 7) is 15.2. The van der Waals surface area contributed by atoms with Crippen molar-refractivity contribution in [2.45, 2.75) is 348 Å². The summed E-state index contributed by atoms with van der Waals surface area (Å²) in [4.78, 5) is 34.1. The Balaban J connectivity index is 2.45. The van der Waals surface area contributed by atoms with Crippen molar-refractivity contribution in [1.29, 1.82) is 0 Å². The van der Waals surface area contributed by atoms with E-state index in [2.05, 4.69) is 42.4 Å². The summed E-state index contributed by atoms with van der Waals surface area (Å²) in [6, 6.07) is 0.320. The summed E-state index contributed by atoms with van der Waals surface area (Å²) < 4.78 is 0. The molecular weight excluding hydrogens is 835 g/mol. The fraction of sp³-hybridized carbons (Fsp3) is 0.968. The number of unbranched alkanes of at least 4 members (excludes halogenated alkanes) is 36. The molecule has 0 aromatic carbocycles. The fourth-order valence-electron chi connectivity index (χ4n) is 11.0. The largest absolute Gasteiger partial charge is 0.391 e. The van der Waals surface area contributed by atoms with Crippen molar-refractivity contribution in [1.82, 2.24) is 14.7 Å². The zero-order valence-corrected chi connectivity index (χ0v) is 46.9. The molecule has 2 amide bonds. The van der Waals surface area contributed by atoms with Gasteiger partial charge in [-0.2, -0.15) is 0 Å². The molecule has 1 N–H and O–H groups in total. The summed E-state index contributed by atoms with van der Waals surface area (Å²) in [5.74, 6) is 0.815. The van der Waals surface area contributed by atoms with Gasteiger partial charge in [-0.1, -0.05) is 259 Å². The third kappa shape index (κ3) is 39.5. The molecule has 1 rings (SSSR count). The van der Waals surface area contributed by atoms with Gasteiger partial charge in [0.1, 0.15) is 0 Å². The van der Waals surface area contributed by atoms with Crippen molar-refractivity contribution in [2.75, 3.05) is 39.3 Å². The van der Waals surface area contributed by atoms with E-state index in [9.17, 15) is 14.7 Å². The molecular formula is C62H123N3O3. The Morgan fingerprint density at radius 3 is 0.838 bits per heavy atom. The van der Waals surface area contributed by atoms with Gasteiger partial charge in [-0.3, -0.25) is 14.5 Å². The highest BCUT2D eigenvalue weighted by Crippen LogP contribution is 2.25. The van der Waals surface area contributed by atoms with Gasteiger partial charge in [0, 0.05) is 45.1 Å². The van der Waals surface area contributed by atoms with Crippen LogP contribution in [0.15, 0.2) is 0 Å². The van der Waals surface area contributed by atoms with Gasteiger partial charge in [-0.25, -0.2) is 0 Å². The third-order valence-corrected chi connectivity index (χ3v) is 15.7. The van der Waals surface area contributed by atoms with E-state index in [1.54, 1.807) is 0 Å². The van der Waals surface area contributed by atoms with Crippen LogP contribution in [0.4, 0.5) is 0 Å². The zero-order chi connectivity index (χ0) is 49.2. The molecule has 0 aliphatic heterocycles. The zero-order valence-electron chi connectivity index (χ0n) is 46.9. The first-order chi connectivity index (χ1) is 33.5. The lowest BCUT2D eigenvalue weighted by atomic mass is 9.91. The molecule has 404 valence electrons. The normalized spacial score (nSPS) is 15.1. The maximum Gasteiger partial charge on any atom is 0.222 e. The number of aliphatic hydroxyl groups is 1. The molecule has 0 aromatic rings. The molecule has 68 heavy (non-hydrogen) atoms. The fourth-order valence-corrected chi connectivity index (χ4v) is 11.0. The third-order valence-electron chi connectivity index (χ3n) is 15.7. The summed E-state index contributed by atoms with van der Waals surface area (Å²) in [6.07, 6.45) is 59.5. The molecule has 0 aromatic heterocycles. The van der Waals surface area contributed by atoms with Crippen LogP contribution in [0.2, 0.25) is 0 Å². The second kappa shape index (κ2) is 50.8. The molecule has 0 spiro atoms. The van der Waals surface area contributed by atoms with Crippen molar-refractivity contribution >= 4 is 11.8 Å². The number of amides is 2. The topological polar surface area (TPSA) is 64.1 Å². The van der Waals surface area contributed by atoms with Crippen LogP contribution in [0, 0.1) is 0 Å². The van der Waals surface area contributed by atoms with Crippen LogP contribution in [0.1, 0.15) is 336 Å². The van der Waals surface area contributed by atoms with Gasteiger partial charge in [-0.05, 0) is 77.3 Å². The van der Waals surface area contributed by atoms with Gasteiger partial charge < -0.3 is 14.9 Å². The summed E-state index contributed by atoms with van der Waals surface area (Å²) in [7, 11) is 0. The molecule has 1 saturated carbocycles. The molecule has 0 unspecified atom stereocenters. The Morgan fingerprint density at radius 2 is 0.559 bits per heavy atom. The highest BCUT2D eigenvalue weighted by atomic mass is 16.3. The minimum absolute atomic E-state index is 0.181. The molecule has 0 radical (unpaired) electrons. The van der Waals surface area contributed by atoms with E-state index in [-0.39, 0.29) is 6.10 Å². The monoisotopic (exact) mass is 958 g/mol. The predicted octanol–water partition coefficient (Wildman–Crippen LogP) is 18.5. The number of rotatable bonds is 53. The molecule has 1 fully saturated rings. The van der Waals surface area contributed by atoms with E-state index in [0.717, 1.165) is 97.1 Å². The van der Waals surface area contributed by atoms with Crippen molar-refractivity contribution in [2.24, 2.45) is 0 Å². The minimum atomic E-state index is -0.181. The van der Waals surface area contributed by atoms with Crippen molar-refractivity contribution in [3.63, 3.8) is 0 Å². The molecule has 1 aliphatic carbocycles. The average molecular weight is 959 g/mol. The maximum atomic E-state index is 13.5. The Kier molecular flexibility index (Phi) is 48.5. The van der Waals surface area contributed by atoms with Gasteiger partial charge in [0.15, 0.2) is 0 Å². The van der Waals surface area contributed by atoms with Crippen LogP contribution < -0.4 is 0 Å². The molecule has 0 saturated heterocycles. The van der Waals surface area contributed by atoms with E-state index < -0.39 is 0 Å². The Morgan fingerprint density at radius 1 is 0.324 bits per heavy atom. The smallest absolute Gasteiger partial charge is 0.222 e. The Hall–Kier alpha value is -1.14. The molecule has 1 aliphatic rings. The second-order valence-electron chi connectivity index (χ2n) is 22.2. The Bertz CT molecular complexity index is 944. The van der Waals surface area contributed by atoms with Crippen LogP contribution in [0.5, 0.6) is 0 Å². The van der Waals surface area contributed by atoms with Crippen LogP contribution in [-0.4, -0.2) is 83.0 Å². The van der Waals surface area contributed by atoms with E-state index in [1.165, 1.54) is 250 Å². The minimum Gasteiger partial charge on any atom is -0.391 e. The van der Waals surface area contributed by atoms with Gasteiger partial charge >= 0.3 is 0 Å². The van der Waals surface area contributed by atoms with E-state index >= 15 is 0 Å². The lowest BCUT2D eigenvalue weighted by molar-refractivity contribution is -0.132. The molecule has 0 heterocycles. The number of hydrogen-bond donors (Lipinski definition) is 1. The van der Waals surface area contributed by atoms with E-state index in [4.69, 9.17) is 0 Å². The van der Waals surface area contributed by atoms with Gasteiger partial charge in [0.05, 0.1) is 6.10 Å². The first-order valence-electron chi connectivity index (χ1n) is 31.5. The van der Waals surface area contributed by atoms with Crippen molar-refractivity contribution in [3.8, 4) is 0 Å². The maximum absolute atomic E-state index is 13.5. The van der Waals surface area contributed by atoms with Gasteiger partial charge in [-0.15, -0.1) is 0 Å². The highest BCUT2D eigenvalue weighted by Gasteiger charge is 2.28. The van der Waals surface area contributed by atoms with Crippen LogP contribution in [0.25, 0.3) is 0 Å². The lowest BCUT2D eigenvalue weighted by Crippen LogP contribution is -2.46. The average Bonchev–Trinajstić information content (AvgIpc) is 3.34. The molecule has 6 nitrogen and oxygen atoms in total. The van der Waals surface area contributed by atoms with Crippen molar-refractivity contribution in [3.05, 3.63) is 0 Å². The van der Waals surface area contributed by atoms with Gasteiger partial charge in [0.2, 0.25) is 11.8 Å². The van der Waals surface area contributed by atoms with Crippen LogP contribution >= 0.6 is 0 Å². The van der Waals surface area contributed by atoms with Crippen molar-refractivity contribution < 1.29 is 14.7 Å². The predicted molar refractivity (Wildman–Crippen MR) is 299 cm³/mol. The number of hydrogen-bond acceptors (Lipinski definition) is 4. The quantitative estimate of drug-likeness (QED) is 0.0617. The number of nitrogens with zero attached hydrogens (tertiary/aromatic N) is 3. The molecule has 6 heteroatoms. The summed E-state index contributed by atoms with van der Waals surface area (Å²) in [5, 5.41) is 11.0. The standard InChI is InChI=1S/C62H123N3O3/c1-5-9-13-17-21-25-33-45-55-64(56-46-34-26-22-18-14-10-6-2)61(67)51-39-31-29-37-43-53-63(59-49-41-42-50-60(59)66)54-44-38-30-32-40-52-62(68)65(57-47-35-27-23-19-15-11-7-3)58-48-36-28-24-20-16-12-8-4/h59-60,66H,5-58H2,1-4H3/t59-,60+/m1/s1. The van der Waals surface area contributed by atoms with Gasteiger partial charge in [0.25, 0.3) is 0 Å². The summed E-state index contributed by atoms with van der Waals surface area (Å²) in [5.41, 5.74) is 0. The second-order valence-corrected chi connectivity index (χ2v) is 22.2. The van der Waals surface area contributed by atoms with Crippen LogP contribution in [-0.2, 0) is 9.59 Å². The first kappa shape index (κ1) is 64.9. The number of carbonyl (C=O) groups is 2. The first-order valence-corrected chi connectivity index (χ1v) is 31.5. The number of aliphatic hydroxyl groups excluding tert-OH is 1. The Labute approximate surface area is 426 Å². The highest BCUT2D eigenvalue weighted by molar-refractivity contribution is 5.76. The molecule has 0 bridgehead atoms. The lowest BCUT2D eigenvalue weighted by Gasteiger charge is -2.38. The number of carbonyl (C=O) groups excluding carboxylic acids is 2. The molecule has 2 atom stereocenters. The van der Waals surface area contributed by atoms with E-state index in [1.807, 2.05) is 0 Å². The van der Waals surface area contributed by atoms with Crippen LogP contribution in [0.3, 0.4) is 0 Å². The van der Waals surface area contributed by atoms with E-state index in [0.29, 0.717) is 17.9 Å². The summed E-state index contributed by atoms with van der Waals surface area (Å²) >= 11 is 0. The SMILES string of the molecule is CCCCCCCCCCN(CCCCCCCCCC)C(=O)CCCCCCCN(CCCCCCCC(=O)N(CCCCCCCCCC)CCCCCCCCCC)[C@@H]1CCCC[C@@H]1O.